The Bertz CT molecular complexity index is 622. The zero-order valence-corrected chi connectivity index (χ0v) is 17.2. The molecule has 1 aromatic carbocycles. The summed E-state index contributed by atoms with van der Waals surface area (Å²) in [6, 6.07) is 5.59. The smallest absolute Gasteiger partial charge is 0.220 e. The third-order valence-corrected chi connectivity index (χ3v) is 5.60. The Kier molecular flexibility index (Phi) is 8.04. The van der Waals surface area contributed by atoms with Crippen molar-refractivity contribution in [3.63, 3.8) is 0 Å². The summed E-state index contributed by atoms with van der Waals surface area (Å²) < 4.78 is 0. The number of guanidine groups is 1. The lowest BCUT2D eigenvalue weighted by Crippen LogP contribution is -2.46. The molecule has 1 atom stereocenters. The van der Waals surface area contributed by atoms with Crippen molar-refractivity contribution in [1.29, 1.82) is 0 Å². The molecule has 0 bridgehead atoms. The molecule has 1 unspecified atom stereocenters. The second-order valence-electron chi connectivity index (χ2n) is 6.77. The lowest BCUT2D eigenvalue weighted by molar-refractivity contribution is -0.121. The van der Waals surface area contributed by atoms with E-state index in [1.54, 1.807) is 14.1 Å². The van der Waals surface area contributed by atoms with Crippen molar-refractivity contribution in [2.24, 2.45) is 10.9 Å². The van der Waals surface area contributed by atoms with E-state index >= 15 is 0 Å². The number of amides is 1. The van der Waals surface area contributed by atoms with E-state index in [1.807, 2.05) is 18.2 Å². The van der Waals surface area contributed by atoms with E-state index in [0.717, 1.165) is 37.5 Å². The summed E-state index contributed by atoms with van der Waals surface area (Å²) >= 11 is 12.6. The molecule has 5 nitrogen and oxygen atoms in total. The van der Waals surface area contributed by atoms with Crippen LogP contribution in [0.1, 0.15) is 37.7 Å². The van der Waals surface area contributed by atoms with Gasteiger partial charge < -0.3 is 15.5 Å². The molecule has 0 spiro atoms. The summed E-state index contributed by atoms with van der Waals surface area (Å²) in [4.78, 5) is 18.2. The molecule has 0 aromatic heterocycles. The van der Waals surface area contributed by atoms with Gasteiger partial charge in [-0.05, 0) is 36.5 Å². The van der Waals surface area contributed by atoms with Crippen LogP contribution in [-0.4, -0.2) is 50.5 Å². The first-order chi connectivity index (χ1) is 12.5. The maximum atomic E-state index is 11.5. The minimum Gasteiger partial charge on any atom is -0.359 e. The van der Waals surface area contributed by atoms with Crippen molar-refractivity contribution < 1.29 is 4.79 Å². The predicted octanol–water partition coefficient (Wildman–Crippen LogP) is 3.52. The fraction of sp³-hybridized carbons (Fsp3) is 0.579. The molecule has 0 radical (unpaired) electrons. The van der Waals surface area contributed by atoms with Gasteiger partial charge in [-0.2, -0.15) is 0 Å². The van der Waals surface area contributed by atoms with Crippen molar-refractivity contribution in [2.45, 2.75) is 32.1 Å². The van der Waals surface area contributed by atoms with E-state index in [9.17, 15) is 4.79 Å². The zero-order chi connectivity index (χ0) is 19.1. The summed E-state index contributed by atoms with van der Waals surface area (Å²) in [5.74, 6) is 1.62. The summed E-state index contributed by atoms with van der Waals surface area (Å²) in [5, 5.41) is 7.53. The molecule has 0 aliphatic carbocycles. The number of carbonyl (C=O) groups excluding carboxylic acids is 1. The molecule has 2 rings (SSSR count). The Morgan fingerprint density at radius 3 is 2.46 bits per heavy atom. The highest BCUT2D eigenvalue weighted by Gasteiger charge is 2.23. The summed E-state index contributed by atoms with van der Waals surface area (Å²) in [7, 11) is 3.49. The van der Waals surface area contributed by atoms with Crippen LogP contribution >= 0.6 is 23.2 Å². The first kappa shape index (κ1) is 20.8. The highest BCUT2D eigenvalue weighted by Crippen LogP contribution is 2.31. The molecule has 1 fully saturated rings. The second-order valence-corrected chi connectivity index (χ2v) is 7.59. The minimum atomic E-state index is 0.122. The summed E-state index contributed by atoms with van der Waals surface area (Å²) in [6.45, 7) is 4.61. The number of piperidine rings is 1. The molecule has 144 valence electrons. The van der Waals surface area contributed by atoms with Gasteiger partial charge in [-0.1, -0.05) is 36.2 Å². The number of rotatable bonds is 5. The van der Waals surface area contributed by atoms with Crippen molar-refractivity contribution in [3.8, 4) is 0 Å². The number of halogens is 2. The topological polar surface area (TPSA) is 56.7 Å². The fourth-order valence-electron chi connectivity index (χ4n) is 3.37. The number of aliphatic imine (C=N–C) groups is 1. The number of carbonyl (C=O) groups is 1. The monoisotopic (exact) mass is 398 g/mol. The third kappa shape index (κ3) is 5.52. The molecular formula is C19H28Cl2N4O. The molecule has 1 heterocycles. The van der Waals surface area contributed by atoms with E-state index in [0.29, 0.717) is 28.9 Å². The normalized spacial score (nSPS) is 17.1. The molecule has 1 aliphatic heterocycles. The van der Waals surface area contributed by atoms with Gasteiger partial charge in [0.05, 0.1) is 0 Å². The second kappa shape index (κ2) is 10.0. The van der Waals surface area contributed by atoms with Crippen LogP contribution in [0.2, 0.25) is 10.0 Å². The first-order valence-corrected chi connectivity index (χ1v) is 9.82. The number of hydrogen-bond donors (Lipinski definition) is 2. The third-order valence-electron chi connectivity index (χ3n) is 4.94. The van der Waals surface area contributed by atoms with Gasteiger partial charge in [0.25, 0.3) is 0 Å². The van der Waals surface area contributed by atoms with Gasteiger partial charge in [-0.3, -0.25) is 9.79 Å². The highest BCUT2D eigenvalue weighted by atomic mass is 35.5. The van der Waals surface area contributed by atoms with Crippen LogP contribution in [0.25, 0.3) is 0 Å². The molecule has 1 aliphatic rings. The molecule has 1 aromatic rings. The molecule has 0 saturated carbocycles. The van der Waals surface area contributed by atoms with Crippen LogP contribution in [0, 0.1) is 5.92 Å². The lowest BCUT2D eigenvalue weighted by Gasteiger charge is -2.34. The molecule has 7 heteroatoms. The minimum absolute atomic E-state index is 0.122. The van der Waals surface area contributed by atoms with E-state index in [-0.39, 0.29) is 11.8 Å². The van der Waals surface area contributed by atoms with Gasteiger partial charge in [0.2, 0.25) is 5.91 Å². The van der Waals surface area contributed by atoms with E-state index < -0.39 is 0 Å². The zero-order valence-electron chi connectivity index (χ0n) is 15.7. The predicted molar refractivity (Wildman–Crippen MR) is 109 cm³/mol. The summed E-state index contributed by atoms with van der Waals surface area (Å²) in [6.07, 6.45) is 2.61. The Morgan fingerprint density at radius 2 is 1.92 bits per heavy atom. The van der Waals surface area contributed by atoms with Crippen LogP contribution in [0.5, 0.6) is 0 Å². The quantitative estimate of drug-likeness (QED) is 0.589. The van der Waals surface area contributed by atoms with Crippen molar-refractivity contribution in [2.75, 3.05) is 33.7 Å². The fourth-order valence-corrected chi connectivity index (χ4v) is 4.14. The number of hydrogen-bond acceptors (Lipinski definition) is 2. The average Bonchev–Trinajstić information content (AvgIpc) is 2.63. The van der Waals surface area contributed by atoms with Crippen LogP contribution in [0.15, 0.2) is 23.2 Å². The van der Waals surface area contributed by atoms with Gasteiger partial charge in [-0.25, -0.2) is 0 Å². The van der Waals surface area contributed by atoms with Gasteiger partial charge in [0.1, 0.15) is 0 Å². The largest absolute Gasteiger partial charge is 0.359 e. The van der Waals surface area contributed by atoms with Gasteiger partial charge in [-0.15, -0.1) is 0 Å². The maximum absolute atomic E-state index is 11.5. The van der Waals surface area contributed by atoms with E-state index in [1.165, 1.54) is 0 Å². The average molecular weight is 399 g/mol. The Balaban J connectivity index is 1.88. The number of nitrogens with one attached hydrogen (secondary N) is 2. The van der Waals surface area contributed by atoms with E-state index in [4.69, 9.17) is 23.2 Å². The van der Waals surface area contributed by atoms with Crippen LogP contribution < -0.4 is 10.6 Å². The molecule has 26 heavy (non-hydrogen) atoms. The van der Waals surface area contributed by atoms with Crippen LogP contribution in [0.3, 0.4) is 0 Å². The Hall–Kier alpha value is -1.46. The first-order valence-electron chi connectivity index (χ1n) is 9.06. The van der Waals surface area contributed by atoms with Gasteiger partial charge in [0.15, 0.2) is 5.96 Å². The molecule has 1 saturated heterocycles. The molecule has 2 N–H and O–H groups in total. The van der Waals surface area contributed by atoms with Crippen molar-refractivity contribution in [1.82, 2.24) is 15.5 Å². The highest BCUT2D eigenvalue weighted by molar-refractivity contribution is 6.36. The Morgan fingerprint density at radius 1 is 1.31 bits per heavy atom. The van der Waals surface area contributed by atoms with Crippen LogP contribution in [-0.2, 0) is 4.79 Å². The van der Waals surface area contributed by atoms with E-state index in [2.05, 4.69) is 27.4 Å². The number of nitrogens with zero attached hydrogens (tertiary/aromatic N) is 2. The standard InChI is InChI=1S/C19H28Cl2N4O/c1-13(18-15(20)5-4-6-16(18)21)12-24-19(23-3)25-9-7-14(8-10-25)11-17(26)22-2/h4-6,13-14H,7-12H2,1-3H3,(H,22,26)(H,23,24). The van der Waals surface area contributed by atoms with Gasteiger partial charge in [0, 0.05) is 56.1 Å². The SMILES string of the molecule is CN=C(NCC(C)c1c(Cl)cccc1Cl)N1CCC(CC(=O)NC)CC1. The number of likely N-dealkylation sites (tertiary alicyclic amines) is 1. The molecule has 1 amide bonds. The van der Waals surface area contributed by atoms with Crippen molar-refractivity contribution >= 4 is 35.1 Å². The maximum Gasteiger partial charge on any atom is 0.220 e. The lowest BCUT2D eigenvalue weighted by atomic mass is 9.93. The molecular weight excluding hydrogens is 371 g/mol. The van der Waals surface area contributed by atoms with Crippen LogP contribution in [0.4, 0.5) is 0 Å². The van der Waals surface area contributed by atoms with Crippen molar-refractivity contribution in [3.05, 3.63) is 33.8 Å². The Labute approximate surface area is 166 Å². The van der Waals surface area contributed by atoms with Gasteiger partial charge >= 0.3 is 0 Å². The summed E-state index contributed by atoms with van der Waals surface area (Å²) in [5.41, 5.74) is 0.961. The number of benzene rings is 1.